The largest absolute Gasteiger partial charge is 0.474 e. The van der Waals surface area contributed by atoms with Crippen molar-refractivity contribution in [1.29, 1.82) is 0 Å². The van der Waals surface area contributed by atoms with E-state index in [1.807, 2.05) is 30.3 Å². The van der Waals surface area contributed by atoms with Gasteiger partial charge in [0, 0.05) is 10.9 Å². The fourth-order valence-corrected chi connectivity index (χ4v) is 2.03. The van der Waals surface area contributed by atoms with Gasteiger partial charge < -0.3 is 14.3 Å². The lowest BCUT2D eigenvalue weighted by molar-refractivity contribution is -0.140. The van der Waals surface area contributed by atoms with E-state index in [0.29, 0.717) is 17.2 Å². The van der Waals surface area contributed by atoms with Gasteiger partial charge in [-0.2, -0.15) is 0 Å². The van der Waals surface area contributed by atoms with Crippen LogP contribution in [-0.2, 0) is 25.7 Å². The molecule has 0 aromatic heterocycles. The number of carbonyl (C=O) groups is 1. The van der Waals surface area contributed by atoms with Gasteiger partial charge in [0.05, 0.1) is 12.7 Å². The first kappa shape index (κ1) is 17.6. The molecule has 1 atom stereocenters. The molecular weight excluding hydrogens is 330 g/mol. The fraction of sp³-hybridized carbons (Fsp3) is 0.167. The van der Waals surface area contributed by atoms with E-state index in [9.17, 15) is 4.79 Å². The Bertz CT molecular complexity index is 731. The topological polar surface area (TPSA) is 57.1 Å². The highest BCUT2D eigenvalue weighted by Crippen LogP contribution is 2.21. The van der Waals surface area contributed by atoms with Crippen LogP contribution in [0.2, 0.25) is 0 Å². The van der Waals surface area contributed by atoms with E-state index in [-0.39, 0.29) is 5.76 Å². The Kier molecular flexibility index (Phi) is 6.43. The standard InChI is InChI=1S/C18H16ClNO4/c1-13(18(21)22-2)24-17-9-8-16(19)10-15(17)11-20-23-12-14-6-4-3-5-7-14/h3-10,17H,1,12H2,2H3. The first-order chi connectivity index (χ1) is 11.6. The summed E-state index contributed by atoms with van der Waals surface area (Å²) in [6.45, 7) is 3.84. The molecule has 1 unspecified atom stereocenters. The maximum Gasteiger partial charge on any atom is 0.372 e. The summed E-state index contributed by atoms with van der Waals surface area (Å²) in [6, 6.07) is 9.60. The predicted octanol–water partition coefficient (Wildman–Crippen LogP) is 3.48. The summed E-state index contributed by atoms with van der Waals surface area (Å²) < 4.78 is 10.00. The van der Waals surface area contributed by atoms with E-state index >= 15 is 0 Å². The zero-order valence-corrected chi connectivity index (χ0v) is 13.8. The van der Waals surface area contributed by atoms with Crippen LogP contribution in [-0.4, -0.2) is 25.1 Å². The third kappa shape index (κ3) is 5.16. The van der Waals surface area contributed by atoms with E-state index in [4.69, 9.17) is 21.2 Å². The van der Waals surface area contributed by atoms with Crippen LogP contribution in [0.15, 0.2) is 76.7 Å². The Morgan fingerprint density at radius 1 is 1.38 bits per heavy atom. The monoisotopic (exact) mass is 345 g/mol. The Morgan fingerprint density at radius 3 is 2.83 bits per heavy atom. The number of esters is 1. The van der Waals surface area contributed by atoms with Crippen molar-refractivity contribution < 1.29 is 19.1 Å². The van der Waals surface area contributed by atoms with Gasteiger partial charge in [-0.1, -0.05) is 41.9 Å². The van der Waals surface area contributed by atoms with E-state index < -0.39 is 12.1 Å². The van der Waals surface area contributed by atoms with E-state index in [0.717, 1.165) is 5.56 Å². The number of ether oxygens (including phenoxy) is 2. The zero-order valence-electron chi connectivity index (χ0n) is 13.1. The van der Waals surface area contributed by atoms with Crippen LogP contribution in [0.3, 0.4) is 0 Å². The van der Waals surface area contributed by atoms with Crippen LogP contribution in [0.4, 0.5) is 0 Å². The van der Waals surface area contributed by atoms with E-state index in [1.165, 1.54) is 7.11 Å². The maximum atomic E-state index is 11.4. The summed E-state index contributed by atoms with van der Waals surface area (Å²) in [7, 11) is 1.25. The van der Waals surface area contributed by atoms with Crippen LogP contribution in [0.25, 0.3) is 0 Å². The molecule has 2 rings (SSSR count). The van der Waals surface area contributed by atoms with Crippen LogP contribution in [0, 0.1) is 0 Å². The van der Waals surface area contributed by atoms with Crippen LogP contribution in [0.5, 0.6) is 0 Å². The van der Waals surface area contributed by atoms with Crippen molar-refractivity contribution in [2.75, 3.05) is 7.11 Å². The van der Waals surface area contributed by atoms with Gasteiger partial charge in [-0.25, -0.2) is 4.79 Å². The number of methoxy groups -OCH3 is 1. The Labute approximate surface area is 145 Å². The van der Waals surface area contributed by atoms with Gasteiger partial charge in [-0.3, -0.25) is 0 Å². The van der Waals surface area contributed by atoms with Crippen molar-refractivity contribution in [3.8, 4) is 0 Å². The molecule has 0 heterocycles. The molecule has 1 aliphatic carbocycles. The van der Waals surface area contributed by atoms with Crippen molar-refractivity contribution in [3.05, 3.63) is 77.1 Å². The summed E-state index contributed by atoms with van der Waals surface area (Å²) in [6.07, 6.45) is 4.31. The number of allylic oxidation sites excluding steroid dienone is 2. The lowest BCUT2D eigenvalue weighted by Gasteiger charge is -2.18. The lowest BCUT2D eigenvalue weighted by Crippen LogP contribution is -2.18. The summed E-state index contributed by atoms with van der Waals surface area (Å²) in [5, 5.41) is 4.28. The molecule has 24 heavy (non-hydrogen) atoms. The van der Waals surface area contributed by atoms with E-state index in [1.54, 1.807) is 18.2 Å². The summed E-state index contributed by atoms with van der Waals surface area (Å²) in [4.78, 5) is 16.6. The number of hydrogen-bond donors (Lipinski definition) is 0. The average molecular weight is 346 g/mol. The number of rotatable bonds is 6. The van der Waals surface area contributed by atoms with Crippen molar-refractivity contribution in [3.63, 3.8) is 0 Å². The van der Waals surface area contributed by atoms with Crippen molar-refractivity contribution in [1.82, 2.24) is 0 Å². The molecule has 0 aliphatic heterocycles. The number of hydrogen-bond acceptors (Lipinski definition) is 5. The van der Waals surface area contributed by atoms with Crippen LogP contribution >= 0.6 is 11.6 Å². The highest BCUT2D eigenvalue weighted by atomic mass is 35.5. The van der Waals surface area contributed by atoms with Crippen molar-refractivity contribution in [2.24, 2.45) is 5.16 Å². The van der Waals surface area contributed by atoms with Crippen LogP contribution in [0.1, 0.15) is 5.56 Å². The normalized spacial score (nSPS) is 15.8. The molecule has 0 saturated carbocycles. The van der Waals surface area contributed by atoms with Crippen LogP contribution < -0.4 is 0 Å². The maximum absolute atomic E-state index is 11.4. The highest BCUT2D eigenvalue weighted by molar-refractivity contribution is 6.31. The molecular formula is C18H16ClNO4. The second kappa shape index (κ2) is 8.77. The van der Waals surface area contributed by atoms with Gasteiger partial charge in [-0.05, 0) is 35.5 Å². The minimum atomic E-state index is -0.652. The lowest BCUT2D eigenvalue weighted by atomic mass is 10.1. The Balaban J connectivity index is 2.05. The third-order valence-corrected chi connectivity index (χ3v) is 3.26. The summed E-state index contributed by atoms with van der Waals surface area (Å²) in [5.74, 6) is 1.95. The first-order valence-electron chi connectivity index (χ1n) is 7.08. The second-order valence-corrected chi connectivity index (χ2v) is 5.20. The summed E-state index contributed by atoms with van der Waals surface area (Å²) >= 11 is 5.97. The molecule has 0 N–H and O–H groups in total. The van der Waals surface area contributed by atoms with Crippen molar-refractivity contribution >= 4 is 23.4 Å². The number of halogens is 1. The Hall–Kier alpha value is -2.75. The molecule has 0 bridgehead atoms. The number of carbonyl (C=O) groups excluding carboxylic acids is 1. The molecule has 0 spiro atoms. The summed E-state index contributed by atoms with van der Waals surface area (Å²) in [5.41, 5.74) is 1.48. The smallest absolute Gasteiger partial charge is 0.372 e. The SMILES string of the molecule is C=C(OC1C=CC(Cl)=CC1=C=NOCc1ccccc1)C(=O)OC. The molecule has 0 amide bonds. The first-order valence-corrected chi connectivity index (χ1v) is 7.46. The van der Waals surface area contributed by atoms with E-state index in [2.05, 4.69) is 22.3 Å². The molecule has 5 nitrogen and oxygen atoms in total. The molecule has 0 radical (unpaired) electrons. The average Bonchev–Trinajstić information content (AvgIpc) is 2.60. The number of benzene rings is 1. The molecule has 0 saturated heterocycles. The zero-order chi connectivity index (χ0) is 17.4. The minimum absolute atomic E-state index is 0.122. The van der Waals surface area contributed by atoms with Gasteiger partial charge in [0.25, 0.3) is 0 Å². The van der Waals surface area contributed by atoms with Gasteiger partial charge in [0.15, 0.2) is 11.9 Å². The molecule has 1 aromatic rings. The molecule has 1 aliphatic rings. The number of nitrogens with zero attached hydrogens (tertiary/aromatic N) is 1. The highest BCUT2D eigenvalue weighted by Gasteiger charge is 2.19. The third-order valence-electron chi connectivity index (χ3n) is 3.03. The van der Waals surface area contributed by atoms with Gasteiger partial charge in [0.2, 0.25) is 0 Å². The van der Waals surface area contributed by atoms with Gasteiger partial charge in [0.1, 0.15) is 6.61 Å². The molecule has 6 heteroatoms. The van der Waals surface area contributed by atoms with Gasteiger partial charge in [-0.15, -0.1) is 0 Å². The Morgan fingerprint density at radius 2 is 2.12 bits per heavy atom. The fourth-order valence-electron chi connectivity index (χ4n) is 1.84. The minimum Gasteiger partial charge on any atom is -0.474 e. The quantitative estimate of drug-likeness (QED) is 0.260. The molecule has 0 fully saturated rings. The molecule has 124 valence electrons. The predicted molar refractivity (Wildman–Crippen MR) is 91.3 cm³/mol. The molecule has 1 aromatic carbocycles. The second-order valence-electron chi connectivity index (χ2n) is 4.76. The van der Waals surface area contributed by atoms with Gasteiger partial charge >= 0.3 is 5.97 Å². The van der Waals surface area contributed by atoms with Crippen molar-refractivity contribution in [2.45, 2.75) is 12.7 Å².